The molecule has 0 amide bonds. The molecular formula is C7H10O2. The van der Waals surface area contributed by atoms with Gasteiger partial charge >= 0.3 is 5.97 Å². The second-order valence-electron chi connectivity index (χ2n) is 2.92. The van der Waals surface area contributed by atoms with Crippen LogP contribution in [0.2, 0.25) is 0 Å². The van der Waals surface area contributed by atoms with Crippen LogP contribution in [0.15, 0.2) is 0 Å². The minimum absolute atomic E-state index is 0.0182. The highest BCUT2D eigenvalue weighted by Gasteiger charge is 2.37. The molecule has 0 spiro atoms. The van der Waals surface area contributed by atoms with E-state index in [1.54, 1.807) is 0 Å². The fourth-order valence-corrected chi connectivity index (χ4v) is 1.82. The third-order valence-electron chi connectivity index (χ3n) is 2.30. The second-order valence-corrected chi connectivity index (χ2v) is 2.92. The molecule has 50 valence electrons. The monoisotopic (exact) mass is 126 g/mol. The number of ether oxygens (including phenoxy) is 1. The first-order chi connectivity index (χ1) is 4.36. The van der Waals surface area contributed by atoms with Gasteiger partial charge in [-0.2, -0.15) is 0 Å². The van der Waals surface area contributed by atoms with E-state index in [0.717, 1.165) is 6.42 Å². The van der Waals surface area contributed by atoms with Crippen LogP contribution in [0.25, 0.3) is 0 Å². The molecule has 9 heavy (non-hydrogen) atoms. The SMILES string of the molecule is O=C1C[C@H]2CCC[C@@H]2O1. The van der Waals surface area contributed by atoms with E-state index in [1.165, 1.54) is 12.8 Å². The molecule has 2 atom stereocenters. The van der Waals surface area contributed by atoms with Gasteiger partial charge in [0.05, 0.1) is 6.42 Å². The Bertz CT molecular complexity index is 128. The number of hydrogen-bond donors (Lipinski definition) is 0. The maximum atomic E-state index is 10.6. The van der Waals surface area contributed by atoms with Gasteiger partial charge in [0.15, 0.2) is 0 Å². The molecule has 0 bridgehead atoms. The summed E-state index contributed by atoms with van der Waals surface area (Å²) in [6.45, 7) is 0. The van der Waals surface area contributed by atoms with Crippen molar-refractivity contribution in [2.75, 3.05) is 0 Å². The normalized spacial score (nSPS) is 40.7. The molecule has 2 rings (SSSR count). The van der Waals surface area contributed by atoms with Gasteiger partial charge < -0.3 is 4.74 Å². The van der Waals surface area contributed by atoms with Crippen LogP contribution >= 0.6 is 0 Å². The number of hydrogen-bond acceptors (Lipinski definition) is 2. The Kier molecular flexibility index (Phi) is 1.01. The Hall–Kier alpha value is -0.530. The molecule has 2 fully saturated rings. The summed E-state index contributed by atoms with van der Waals surface area (Å²) in [5.74, 6) is 0.599. The van der Waals surface area contributed by atoms with Gasteiger partial charge in [-0.15, -0.1) is 0 Å². The van der Waals surface area contributed by atoms with E-state index < -0.39 is 0 Å². The van der Waals surface area contributed by atoms with Crippen molar-refractivity contribution in [3.05, 3.63) is 0 Å². The Labute approximate surface area is 54.2 Å². The summed E-state index contributed by atoms with van der Waals surface area (Å²) >= 11 is 0. The van der Waals surface area contributed by atoms with E-state index in [4.69, 9.17) is 4.74 Å². The molecular weight excluding hydrogens is 116 g/mol. The first-order valence-corrected chi connectivity index (χ1v) is 3.56. The van der Waals surface area contributed by atoms with E-state index in [2.05, 4.69) is 0 Å². The van der Waals surface area contributed by atoms with E-state index in [-0.39, 0.29) is 5.97 Å². The third kappa shape index (κ3) is 0.732. The average molecular weight is 126 g/mol. The standard InChI is InChI=1S/C7H10O2/c8-7-4-5-2-1-3-6(5)9-7/h5-6H,1-4H2/t5-,6+/m1/s1. The minimum Gasteiger partial charge on any atom is -0.462 e. The second kappa shape index (κ2) is 1.72. The topological polar surface area (TPSA) is 26.3 Å². The summed E-state index contributed by atoms with van der Waals surface area (Å²) in [7, 11) is 0. The molecule has 1 saturated carbocycles. The number of fused-ring (bicyclic) bond motifs is 1. The molecule has 0 radical (unpaired) electrons. The summed E-state index contributed by atoms with van der Waals surface area (Å²) in [5.41, 5.74) is 0. The van der Waals surface area contributed by atoms with Crippen LogP contribution in [0, 0.1) is 5.92 Å². The van der Waals surface area contributed by atoms with Crippen molar-refractivity contribution in [1.82, 2.24) is 0 Å². The zero-order chi connectivity index (χ0) is 6.27. The Morgan fingerprint density at radius 2 is 2.33 bits per heavy atom. The number of carbonyl (C=O) groups excluding carboxylic acids is 1. The Balaban J connectivity index is 2.09. The summed E-state index contributed by atoms with van der Waals surface area (Å²) < 4.78 is 5.05. The summed E-state index contributed by atoms with van der Waals surface area (Å²) in [4.78, 5) is 10.6. The van der Waals surface area contributed by atoms with Crippen LogP contribution in [-0.4, -0.2) is 12.1 Å². The largest absolute Gasteiger partial charge is 0.462 e. The van der Waals surface area contributed by atoms with Gasteiger partial charge in [0.25, 0.3) is 0 Å². The lowest BCUT2D eigenvalue weighted by Crippen LogP contribution is -2.06. The van der Waals surface area contributed by atoms with Gasteiger partial charge in [-0.25, -0.2) is 0 Å². The lowest BCUT2D eigenvalue weighted by molar-refractivity contribution is -0.141. The first-order valence-electron chi connectivity index (χ1n) is 3.56. The van der Waals surface area contributed by atoms with Gasteiger partial charge in [-0.3, -0.25) is 4.79 Å². The summed E-state index contributed by atoms with van der Waals surface area (Å²) in [5, 5.41) is 0. The molecule has 0 aromatic rings. The minimum atomic E-state index is 0.0182. The van der Waals surface area contributed by atoms with Crippen molar-refractivity contribution in [2.45, 2.75) is 31.8 Å². The maximum absolute atomic E-state index is 10.6. The van der Waals surface area contributed by atoms with Crippen LogP contribution in [0.1, 0.15) is 25.7 Å². The third-order valence-corrected chi connectivity index (χ3v) is 2.30. The molecule has 1 saturated heterocycles. The van der Waals surface area contributed by atoms with Crippen molar-refractivity contribution in [3.8, 4) is 0 Å². The zero-order valence-corrected chi connectivity index (χ0v) is 5.30. The zero-order valence-electron chi connectivity index (χ0n) is 5.30. The van der Waals surface area contributed by atoms with E-state index in [1.807, 2.05) is 0 Å². The summed E-state index contributed by atoms with van der Waals surface area (Å²) in [6, 6.07) is 0. The van der Waals surface area contributed by atoms with Gasteiger partial charge in [0, 0.05) is 5.92 Å². The van der Waals surface area contributed by atoms with E-state index >= 15 is 0 Å². The Morgan fingerprint density at radius 1 is 1.44 bits per heavy atom. The Morgan fingerprint density at radius 3 is 3.11 bits per heavy atom. The van der Waals surface area contributed by atoms with Crippen molar-refractivity contribution >= 4 is 5.97 Å². The molecule has 2 heteroatoms. The predicted octanol–water partition coefficient (Wildman–Crippen LogP) is 1.10. The van der Waals surface area contributed by atoms with Crippen LogP contribution in [0.4, 0.5) is 0 Å². The molecule has 0 N–H and O–H groups in total. The number of carbonyl (C=O) groups is 1. The highest BCUT2D eigenvalue weighted by molar-refractivity contribution is 5.72. The van der Waals surface area contributed by atoms with Crippen molar-refractivity contribution in [2.24, 2.45) is 5.92 Å². The summed E-state index contributed by atoms with van der Waals surface area (Å²) in [6.07, 6.45) is 4.55. The smallest absolute Gasteiger partial charge is 0.306 e. The molecule has 1 heterocycles. The van der Waals surface area contributed by atoms with Crippen LogP contribution in [0.5, 0.6) is 0 Å². The molecule has 1 aliphatic carbocycles. The first kappa shape index (κ1) is 5.27. The van der Waals surface area contributed by atoms with Crippen molar-refractivity contribution in [1.29, 1.82) is 0 Å². The average Bonchev–Trinajstić information content (AvgIpc) is 2.22. The fraction of sp³-hybridized carbons (Fsp3) is 0.857. The molecule has 0 unspecified atom stereocenters. The van der Waals surface area contributed by atoms with E-state index in [0.29, 0.717) is 18.4 Å². The molecule has 2 aliphatic rings. The van der Waals surface area contributed by atoms with Gasteiger partial charge in [0.1, 0.15) is 6.10 Å². The number of rotatable bonds is 0. The van der Waals surface area contributed by atoms with Crippen LogP contribution in [0.3, 0.4) is 0 Å². The molecule has 0 aromatic heterocycles. The lowest BCUT2D eigenvalue weighted by atomic mass is 10.1. The quantitative estimate of drug-likeness (QED) is 0.454. The highest BCUT2D eigenvalue weighted by atomic mass is 16.5. The number of esters is 1. The predicted molar refractivity (Wildman–Crippen MR) is 31.8 cm³/mol. The van der Waals surface area contributed by atoms with Crippen LogP contribution < -0.4 is 0 Å². The maximum Gasteiger partial charge on any atom is 0.306 e. The fourth-order valence-electron chi connectivity index (χ4n) is 1.82. The van der Waals surface area contributed by atoms with Crippen LogP contribution in [-0.2, 0) is 9.53 Å². The van der Waals surface area contributed by atoms with Crippen molar-refractivity contribution in [3.63, 3.8) is 0 Å². The molecule has 0 aromatic carbocycles. The van der Waals surface area contributed by atoms with E-state index in [9.17, 15) is 4.79 Å². The van der Waals surface area contributed by atoms with Crippen molar-refractivity contribution < 1.29 is 9.53 Å². The van der Waals surface area contributed by atoms with Gasteiger partial charge in [-0.05, 0) is 19.3 Å². The highest BCUT2D eigenvalue weighted by Crippen LogP contribution is 2.35. The lowest BCUT2D eigenvalue weighted by Gasteiger charge is -2.03. The van der Waals surface area contributed by atoms with Gasteiger partial charge in [0.2, 0.25) is 0 Å². The molecule has 1 aliphatic heterocycles. The van der Waals surface area contributed by atoms with Gasteiger partial charge in [-0.1, -0.05) is 0 Å². The molecule has 2 nitrogen and oxygen atoms in total.